The first-order valence-corrected chi connectivity index (χ1v) is 38.9. The van der Waals surface area contributed by atoms with E-state index in [1.54, 1.807) is 0 Å². The van der Waals surface area contributed by atoms with Gasteiger partial charge in [-0.25, -0.2) is 0 Å². The van der Waals surface area contributed by atoms with Gasteiger partial charge >= 0.3 is 37.7 Å². The standard InChI is InChI=1S/2C39H78O2.Ca/c2*1-2-3-4-5-6-7-8-9-10-11-12-13-14-15-16-17-18-19-20-21-22-23-24-25-26-27-28-29-30-31-32-33-34-35-36-37-38-39(40)41;/h2*2-38H2,1H3,(H,40,41);/q;;+2/p-2. The molecule has 0 radical (unpaired) electrons. The van der Waals surface area contributed by atoms with E-state index in [4.69, 9.17) is 0 Å². The number of unbranched alkanes of at least 4 members (excludes halogenated alkanes) is 70. The second kappa shape index (κ2) is 84.3. The quantitative estimate of drug-likeness (QED) is 0.0449. The monoisotopic (exact) mass is 1200 g/mol. The van der Waals surface area contributed by atoms with Gasteiger partial charge in [-0.2, -0.15) is 0 Å². The molecule has 0 aliphatic carbocycles. The number of aliphatic carboxylic acids is 2. The third-order valence-corrected chi connectivity index (χ3v) is 18.5. The zero-order valence-corrected chi connectivity index (χ0v) is 59.9. The minimum Gasteiger partial charge on any atom is -0.550 e. The number of carbonyl (C=O) groups is 2. The molecular formula is C78H154CaO4. The van der Waals surface area contributed by atoms with Gasteiger partial charge in [-0.1, -0.05) is 463 Å². The molecule has 0 aliphatic heterocycles. The van der Waals surface area contributed by atoms with E-state index in [0.717, 1.165) is 25.7 Å². The van der Waals surface area contributed by atoms with Gasteiger partial charge in [0.1, 0.15) is 0 Å². The fraction of sp³-hybridized carbons (Fsp3) is 0.974. The normalized spacial score (nSPS) is 11.3. The third-order valence-electron chi connectivity index (χ3n) is 18.5. The van der Waals surface area contributed by atoms with Crippen LogP contribution in [0.25, 0.3) is 0 Å². The van der Waals surface area contributed by atoms with Crippen molar-refractivity contribution in [3.63, 3.8) is 0 Å². The van der Waals surface area contributed by atoms with E-state index < -0.39 is 11.9 Å². The van der Waals surface area contributed by atoms with Crippen LogP contribution >= 0.6 is 0 Å². The Hall–Kier alpha value is 0.200. The zero-order valence-electron chi connectivity index (χ0n) is 57.7. The largest absolute Gasteiger partial charge is 2.00 e. The first-order chi connectivity index (χ1) is 40.5. The Bertz CT molecular complexity index is 1040. The van der Waals surface area contributed by atoms with Crippen LogP contribution in [0.1, 0.15) is 489 Å². The van der Waals surface area contributed by atoms with Crippen LogP contribution in [-0.2, 0) is 9.59 Å². The van der Waals surface area contributed by atoms with Crippen molar-refractivity contribution in [1.29, 1.82) is 0 Å². The minimum absolute atomic E-state index is 0. The molecule has 0 aromatic carbocycles. The maximum atomic E-state index is 10.4. The molecule has 0 fully saturated rings. The summed E-state index contributed by atoms with van der Waals surface area (Å²) in [7, 11) is 0. The Balaban J connectivity index is -0.00000152. The minimum atomic E-state index is -0.897. The van der Waals surface area contributed by atoms with E-state index >= 15 is 0 Å². The van der Waals surface area contributed by atoms with E-state index in [1.807, 2.05) is 0 Å². The number of hydrogen-bond donors (Lipinski definition) is 0. The Morgan fingerprint density at radius 1 is 0.157 bits per heavy atom. The van der Waals surface area contributed by atoms with Crippen molar-refractivity contribution < 1.29 is 19.8 Å². The van der Waals surface area contributed by atoms with Crippen LogP contribution in [0.15, 0.2) is 0 Å². The van der Waals surface area contributed by atoms with Crippen molar-refractivity contribution in [2.24, 2.45) is 0 Å². The summed E-state index contributed by atoms with van der Waals surface area (Å²) in [6, 6.07) is 0. The first kappa shape index (κ1) is 87.4. The van der Waals surface area contributed by atoms with Gasteiger partial charge in [0, 0.05) is 11.9 Å². The molecule has 0 unspecified atom stereocenters. The second-order valence-corrected chi connectivity index (χ2v) is 27.0. The molecule has 0 aliphatic rings. The average Bonchev–Trinajstić information content (AvgIpc) is 3.47. The predicted molar refractivity (Wildman–Crippen MR) is 369 cm³/mol. The molecular weight excluding hydrogens is 1040 g/mol. The summed E-state index contributed by atoms with van der Waals surface area (Å²) in [5.41, 5.74) is 0. The molecule has 0 amide bonds. The van der Waals surface area contributed by atoms with Crippen LogP contribution in [0.4, 0.5) is 0 Å². The Morgan fingerprint density at radius 2 is 0.229 bits per heavy atom. The van der Waals surface area contributed by atoms with Crippen molar-refractivity contribution in [3.8, 4) is 0 Å². The van der Waals surface area contributed by atoms with E-state index in [0.29, 0.717) is 0 Å². The Kier molecular flexibility index (Phi) is 88.7. The van der Waals surface area contributed by atoms with Gasteiger partial charge in [0.25, 0.3) is 0 Å². The van der Waals surface area contributed by atoms with Crippen LogP contribution < -0.4 is 10.2 Å². The maximum absolute atomic E-state index is 10.4. The van der Waals surface area contributed by atoms with Gasteiger partial charge in [0.2, 0.25) is 0 Å². The fourth-order valence-corrected chi connectivity index (χ4v) is 12.7. The van der Waals surface area contributed by atoms with Crippen LogP contribution in [0.5, 0.6) is 0 Å². The van der Waals surface area contributed by atoms with Crippen molar-refractivity contribution in [3.05, 3.63) is 0 Å². The third kappa shape index (κ3) is 91.1. The fourth-order valence-electron chi connectivity index (χ4n) is 12.7. The molecule has 0 aromatic heterocycles. The molecule has 5 heteroatoms. The van der Waals surface area contributed by atoms with E-state index in [2.05, 4.69) is 13.8 Å². The molecule has 0 saturated heterocycles. The van der Waals surface area contributed by atoms with Crippen LogP contribution in [0.3, 0.4) is 0 Å². The molecule has 0 atom stereocenters. The van der Waals surface area contributed by atoms with Gasteiger partial charge in [-0.15, -0.1) is 0 Å². The summed E-state index contributed by atoms with van der Waals surface area (Å²) in [6.45, 7) is 4.61. The summed E-state index contributed by atoms with van der Waals surface area (Å²) >= 11 is 0. The molecule has 0 bridgehead atoms. The van der Waals surface area contributed by atoms with Crippen LogP contribution in [-0.4, -0.2) is 49.7 Å². The second-order valence-electron chi connectivity index (χ2n) is 27.0. The smallest absolute Gasteiger partial charge is 0.550 e. The first-order valence-electron chi connectivity index (χ1n) is 38.9. The predicted octanol–water partition coefficient (Wildman–Crippen LogP) is 26.0. The Labute approximate surface area is 554 Å². The zero-order chi connectivity index (χ0) is 59.5. The summed E-state index contributed by atoms with van der Waals surface area (Å²) in [4.78, 5) is 20.7. The number of hydrogen-bond acceptors (Lipinski definition) is 4. The molecule has 0 spiro atoms. The summed E-state index contributed by atoms with van der Waals surface area (Å²) < 4.78 is 0. The van der Waals surface area contributed by atoms with Crippen molar-refractivity contribution in [2.75, 3.05) is 0 Å². The molecule has 0 saturated carbocycles. The summed E-state index contributed by atoms with van der Waals surface area (Å²) in [6.07, 6.45) is 102. The molecule has 0 rings (SSSR count). The molecule has 4 nitrogen and oxygen atoms in total. The molecule has 492 valence electrons. The summed E-state index contributed by atoms with van der Waals surface area (Å²) in [5.74, 6) is -1.79. The van der Waals surface area contributed by atoms with Crippen LogP contribution in [0.2, 0.25) is 0 Å². The molecule has 83 heavy (non-hydrogen) atoms. The molecule has 0 aromatic rings. The molecule has 0 heterocycles. The van der Waals surface area contributed by atoms with Crippen molar-refractivity contribution in [1.82, 2.24) is 0 Å². The average molecular weight is 1200 g/mol. The SMILES string of the molecule is CCCCCCCCCCCCCCCCCCCCCCCCCCCCCCCCCCCCCCC(=O)[O-].CCCCCCCCCCCCCCCCCCCCCCCCCCCCCCCCCCCCCCC(=O)[O-].[Ca+2]. The number of rotatable bonds is 74. The van der Waals surface area contributed by atoms with Gasteiger partial charge in [-0.05, 0) is 25.7 Å². The van der Waals surface area contributed by atoms with Gasteiger partial charge in [-0.3, -0.25) is 0 Å². The summed E-state index contributed by atoms with van der Waals surface area (Å²) in [5, 5.41) is 20.7. The number of carboxylic acid groups (broad SMARTS) is 2. The van der Waals surface area contributed by atoms with Crippen molar-refractivity contribution in [2.45, 2.75) is 489 Å². The number of carbonyl (C=O) groups excluding carboxylic acids is 2. The van der Waals surface area contributed by atoms with Crippen molar-refractivity contribution >= 4 is 49.7 Å². The topological polar surface area (TPSA) is 80.3 Å². The van der Waals surface area contributed by atoms with Gasteiger partial charge in [0.05, 0.1) is 0 Å². The Morgan fingerprint density at radius 3 is 0.301 bits per heavy atom. The van der Waals surface area contributed by atoms with Crippen LogP contribution in [0, 0.1) is 0 Å². The van der Waals surface area contributed by atoms with Gasteiger partial charge < -0.3 is 19.8 Å². The van der Waals surface area contributed by atoms with E-state index in [9.17, 15) is 19.8 Å². The van der Waals surface area contributed by atoms with Gasteiger partial charge in [0.15, 0.2) is 0 Å². The maximum Gasteiger partial charge on any atom is 2.00 e. The van der Waals surface area contributed by atoms with E-state index in [1.165, 1.54) is 437 Å². The number of carboxylic acids is 2. The molecule has 0 N–H and O–H groups in total. The van der Waals surface area contributed by atoms with E-state index in [-0.39, 0.29) is 50.6 Å².